The highest BCUT2D eigenvalue weighted by Gasteiger charge is 2.38. The number of anilines is 1. The van der Waals surface area contributed by atoms with Gasteiger partial charge in [-0.15, -0.1) is 0 Å². The summed E-state index contributed by atoms with van der Waals surface area (Å²) in [6.07, 6.45) is 9.24. The van der Waals surface area contributed by atoms with Crippen LogP contribution in [-0.4, -0.2) is 32.9 Å². The summed E-state index contributed by atoms with van der Waals surface area (Å²) < 4.78 is 30.0. The van der Waals surface area contributed by atoms with Crippen LogP contribution in [0, 0.1) is 0 Å². The molecule has 1 spiro atoms. The number of rotatable bonds is 3. The number of hydrogen-bond donors (Lipinski definition) is 1. The van der Waals surface area contributed by atoms with E-state index in [0.717, 1.165) is 38.0 Å². The number of hydrogen-bond acceptors (Lipinski definition) is 4. The predicted octanol–water partition coefficient (Wildman–Crippen LogP) is 3.38. The highest BCUT2D eigenvalue weighted by atomic mass is 32.2. The van der Waals surface area contributed by atoms with Crippen LogP contribution in [0.4, 0.5) is 5.69 Å². The first-order valence-electron chi connectivity index (χ1n) is 8.18. The first kappa shape index (κ1) is 15.8. The van der Waals surface area contributed by atoms with Crippen LogP contribution in [0.1, 0.15) is 44.9 Å². The van der Waals surface area contributed by atoms with Gasteiger partial charge in [-0.05, 0) is 37.8 Å². The maximum absolute atomic E-state index is 11.9. The Morgan fingerprint density at radius 2 is 1.91 bits per heavy atom. The Kier molecular flexibility index (Phi) is 4.46. The molecule has 1 saturated carbocycles. The van der Waals surface area contributed by atoms with Crippen molar-refractivity contribution in [3.63, 3.8) is 0 Å². The van der Waals surface area contributed by atoms with Crippen LogP contribution in [0.25, 0.3) is 0 Å². The van der Waals surface area contributed by atoms with Crippen LogP contribution < -0.4 is 5.32 Å². The van der Waals surface area contributed by atoms with E-state index in [1.54, 1.807) is 12.1 Å². The maximum atomic E-state index is 11.9. The first-order chi connectivity index (χ1) is 10.5. The van der Waals surface area contributed by atoms with Gasteiger partial charge in [-0.1, -0.05) is 31.4 Å². The third-order valence-electron chi connectivity index (χ3n) is 4.90. The molecule has 0 amide bonds. The zero-order chi connectivity index (χ0) is 15.6. The monoisotopic (exact) mass is 323 g/mol. The van der Waals surface area contributed by atoms with Crippen molar-refractivity contribution < 1.29 is 13.2 Å². The average molecular weight is 323 g/mol. The van der Waals surface area contributed by atoms with E-state index in [9.17, 15) is 8.42 Å². The van der Waals surface area contributed by atoms with Crippen LogP contribution in [0.5, 0.6) is 0 Å². The van der Waals surface area contributed by atoms with Gasteiger partial charge in [0.15, 0.2) is 9.84 Å². The zero-order valence-electron chi connectivity index (χ0n) is 13.2. The zero-order valence-corrected chi connectivity index (χ0v) is 14.0. The van der Waals surface area contributed by atoms with Crippen molar-refractivity contribution in [2.45, 2.75) is 61.5 Å². The Hall–Kier alpha value is -1.07. The topological polar surface area (TPSA) is 55.4 Å². The molecule has 1 aliphatic heterocycles. The minimum atomic E-state index is -3.21. The molecule has 1 aromatic rings. The smallest absolute Gasteiger partial charge is 0.177 e. The van der Waals surface area contributed by atoms with Gasteiger partial charge >= 0.3 is 0 Å². The molecule has 2 aliphatic rings. The molecule has 5 heteroatoms. The lowest BCUT2D eigenvalue weighted by Gasteiger charge is -2.44. The maximum Gasteiger partial charge on any atom is 0.177 e. The summed E-state index contributed by atoms with van der Waals surface area (Å²) in [4.78, 5) is 0.388. The van der Waals surface area contributed by atoms with Gasteiger partial charge in [0, 0.05) is 18.9 Å². The highest BCUT2D eigenvalue weighted by Crippen LogP contribution is 2.39. The number of para-hydroxylation sites is 1. The largest absolute Gasteiger partial charge is 0.381 e. The van der Waals surface area contributed by atoms with E-state index in [-0.39, 0.29) is 11.6 Å². The number of ether oxygens (including phenoxy) is 1. The molecule has 0 radical (unpaired) electrons. The van der Waals surface area contributed by atoms with Crippen molar-refractivity contribution in [3.05, 3.63) is 24.3 Å². The Labute approximate surface area is 133 Å². The number of benzene rings is 1. The summed E-state index contributed by atoms with van der Waals surface area (Å²) in [6.45, 7) is 0.763. The Morgan fingerprint density at radius 1 is 1.18 bits per heavy atom. The summed E-state index contributed by atoms with van der Waals surface area (Å²) in [7, 11) is -3.21. The molecule has 2 fully saturated rings. The van der Waals surface area contributed by atoms with Gasteiger partial charge in [0.05, 0.1) is 16.2 Å². The van der Waals surface area contributed by atoms with E-state index in [1.165, 1.54) is 25.5 Å². The van der Waals surface area contributed by atoms with Crippen molar-refractivity contribution in [2.24, 2.45) is 0 Å². The van der Waals surface area contributed by atoms with Crippen molar-refractivity contribution in [2.75, 3.05) is 18.2 Å². The second kappa shape index (κ2) is 6.20. The quantitative estimate of drug-likeness (QED) is 0.926. The van der Waals surface area contributed by atoms with Gasteiger partial charge in [0.25, 0.3) is 0 Å². The van der Waals surface area contributed by atoms with Crippen molar-refractivity contribution in [1.82, 2.24) is 0 Å². The van der Waals surface area contributed by atoms with Crippen molar-refractivity contribution >= 4 is 15.5 Å². The molecule has 4 nitrogen and oxygen atoms in total. The lowest BCUT2D eigenvalue weighted by molar-refractivity contribution is -0.103. The molecule has 0 bridgehead atoms. The van der Waals surface area contributed by atoms with Gasteiger partial charge in [-0.2, -0.15) is 0 Å². The Bertz CT molecular complexity index is 615. The van der Waals surface area contributed by atoms with Gasteiger partial charge in [-0.25, -0.2) is 8.42 Å². The summed E-state index contributed by atoms with van der Waals surface area (Å²) >= 11 is 0. The molecule has 1 atom stereocenters. The lowest BCUT2D eigenvalue weighted by atomic mass is 9.78. The van der Waals surface area contributed by atoms with E-state index < -0.39 is 9.84 Å². The molecular weight excluding hydrogens is 298 g/mol. The number of sulfone groups is 1. The predicted molar refractivity (Wildman–Crippen MR) is 88.0 cm³/mol. The van der Waals surface area contributed by atoms with Crippen LogP contribution in [0.15, 0.2) is 29.2 Å². The fraction of sp³-hybridized carbons (Fsp3) is 0.647. The molecule has 1 aromatic carbocycles. The van der Waals surface area contributed by atoms with Crippen molar-refractivity contribution in [1.29, 1.82) is 0 Å². The van der Waals surface area contributed by atoms with E-state index >= 15 is 0 Å². The molecular formula is C17H25NO3S. The third kappa shape index (κ3) is 3.46. The molecule has 122 valence electrons. The van der Waals surface area contributed by atoms with Crippen LogP contribution in [0.3, 0.4) is 0 Å². The summed E-state index contributed by atoms with van der Waals surface area (Å²) in [6, 6.07) is 7.47. The molecule has 3 rings (SSSR count). The third-order valence-corrected chi connectivity index (χ3v) is 6.06. The van der Waals surface area contributed by atoms with Crippen molar-refractivity contribution in [3.8, 4) is 0 Å². The summed E-state index contributed by atoms with van der Waals surface area (Å²) in [5, 5.41) is 3.47. The minimum Gasteiger partial charge on any atom is -0.381 e. The molecule has 1 heterocycles. The molecule has 22 heavy (non-hydrogen) atoms. The average Bonchev–Trinajstić information content (AvgIpc) is 2.47. The van der Waals surface area contributed by atoms with Gasteiger partial charge in [0.1, 0.15) is 0 Å². The second-order valence-electron chi connectivity index (χ2n) is 6.69. The second-order valence-corrected chi connectivity index (χ2v) is 8.68. The van der Waals surface area contributed by atoms with E-state index in [4.69, 9.17) is 4.74 Å². The standard InChI is InChI=1S/C17H25NO3S/c1-22(19,20)16-8-4-3-7-15(16)18-14-9-12-21-17(13-14)10-5-2-6-11-17/h3-4,7-8,14,18H,2,5-6,9-13H2,1H3. The normalized spacial score (nSPS) is 25.0. The SMILES string of the molecule is CS(=O)(=O)c1ccccc1NC1CCOC2(CCCCC2)C1. The fourth-order valence-electron chi connectivity index (χ4n) is 3.82. The summed E-state index contributed by atoms with van der Waals surface area (Å²) in [5.41, 5.74) is 0.747. The lowest BCUT2D eigenvalue weighted by Crippen LogP contribution is -2.45. The fourth-order valence-corrected chi connectivity index (χ4v) is 4.68. The Balaban J connectivity index is 1.76. The molecule has 1 saturated heterocycles. The van der Waals surface area contributed by atoms with Gasteiger partial charge in [0.2, 0.25) is 0 Å². The van der Waals surface area contributed by atoms with E-state index in [0.29, 0.717) is 4.90 Å². The first-order valence-corrected chi connectivity index (χ1v) is 10.1. The van der Waals surface area contributed by atoms with E-state index in [1.807, 2.05) is 12.1 Å². The van der Waals surface area contributed by atoms with Crippen LogP contribution in [0.2, 0.25) is 0 Å². The molecule has 1 unspecified atom stereocenters. The van der Waals surface area contributed by atoms with Gasteiger partial charge in [-0.3, -0.25) is 0 Å². The molecule has 0 aromatic heterocycles. The van der Waals surface area contributed by atoms with Gasteiger partial charge < -0.3 is 10.1 Å². The molecule has 1 aliphatic carbocycles. The highest BCUT2D eigenvalue weighted by molar-refractivity contribution is 7.90. The molecule has 1 N–H and O–H groups in total. The summed E-state index contributed by atoms with van der Waals surface area (Å²) in [5.74, 6) is 0. The number of nitrogens with one attached hydrogen (secondary N) is 1. The van der Waals surface area contributed by atoms with E-state index in [2.05, 4.69) is 5.32 Å². The van der Waals surface area contributed by atoms with Crippen LogP contribution in [-0.2, 0) is 14.6 Å². The van der Waals surface area contributed by atoms with Crippen LogP contribution >= 0.6 is 0 Å². The Morgan fingerprint density at radius 3 is 2.64 bits per heavy atom. The minimum absolute atomic E-state index is 0.0220.